The highest BCUT2D eigenvalue weighted by Gasteiger charge is 2.20. The molecule has 134 valence electrons. The van der Waals surface area contributed by atoms with Crippen LogP contribution in [0.1, 0.15) is 10.4 Å². The molecule has 0 spiro atoms. The van der Waals surface area contributed by atoms with Gasteiger partial charge >= 0.3 is 5.97 Å². The van der Waals surface area contributed by atoms with Gasteiger partial charge in [0.05, 0.1) is 18.2 Å². The molecule has 0 aliphatic heterocycles. The van der Waals surface area contributed by atoms with E-state index in [0.717, 1.165) is 0 Å². The molecular formula is C19H13N3O5. The van der Waals surface area contributed by atoms with Crippen molar-refractivity contribution in [1.29, 1.82) is 0 Å². The fourth-order valence-corrected chi connectivity index (χ4v) is 2.74. The molecular weight excluding hydrogens is 350 g/mol. The fraction of sp³-hybridized carbons (Fsp3) is 0.0526. The van der Waals surface area contributed by atoms with E-state index in [1.54, 1.807) is 48.5 Å². The van der Waals surface area contributed by atoms with E-state index in [1.807, 2.05) is 0 Å². The number of carbonyl (C=O) groups excluding carboxylic acids is 1. The standard InChI is InChI=1S/C19H13N3O5/c1-26-19(25)11-8-6-10(7-9-11)16-21-18(27-22-16)14-15(23)12-4-2-3-5-13(12)20-17(14)24/h2-9H,1H3,(H2,20,23,24). The van der Waals surface area contributed by atoms with E-state index in [2.05, 4.69) is 19.9 Å². The molecule has 0 aliphatic carbocycles. The van der Waals surface area contributed by atoms with Crippen molar-refractivity contribution >= 4 is 16.9 Å². The number of para-hydroxylation sites is 1. The van der Waals surface area contributed by atoms with E-state index in [1.165, 1.54) is 7.11 Å². The number of rotatable bonds is 3. The molecule has 0 saturated carbocycles. The Kier molecular flexibility index (Phi) is 3.92. The molecule has 2 heterocycles. The lowest BCUT2D eigenvalue weighted by atomic mass is 10.1. The summed E-state index contributed by atoms with van der Waals surface area (Å²) in [5.74, 6) is -0.575. The number of hydrogen-bond donors (Lipinski definition) is 2. The van der Waals surface area contributed by atoms with Gasteiger partial charge in [0.15, 0.2) is 0 Å². The quantitative estimate of drug-likeness (QED) is 0.537. The van der Waals surface area contributed by atoms with E-state index < -0.39 is 11.5 Å². The summed E-state index contributed by atoms with van der Waals surface area (Å²) in [6.07, 6.45) is 0. The minimum absolute atomic E-state index is 0.0985. The van der Waals surface area contributed by atoms with E-state index in [-0.39, 0.29) is 23.0 Å². The van der Waals surface area contributed by atoms with Crippen LogP contribution in [0, 0.1) is 0 Å². The molecule has 2 aromatic carbocycles. The van der Waals surface area contributed by atoms with Crippen LogP contribution in [0.15, 0.2) is 57.8 Å². The number of aromatic hydroxyl groups is 1. The molecule has 27 heavy (non-hydrogen) atoms. The van der Waals surface area contributed by atoms with Gasteiger partial charge in [0.2, 0.25) is 5.82 Å². The lowest BCUT2D eigenvalue weighted by Crippen LogP contribution is -2.09. The average Bonchev–Trinajstić information content (AvgIpc) is 3.17. The number of benzene rings is 2. The van der Waals surface area contributed by atoms with Crippen molar-refractivity contribution in [3.63, 3.8) is 0 Å². The van der Waals surface area contributed by atoms with Crippen molar-refractivity contribution < 1.29 is 19.2 Å². The Morgan fingerprint density at radius 3 is 2.63 bits per heavy atom. The van der Waals surface area contributed by atoms with Gasteiger partial charge in [-0.25, -0.2) is 4.79 Å². The van der Waals surface area contributed by atoms with Gasteiger partial charge in [-0.2, -0.15) is 4.98 Å². The maximum atomic E-state index is 12.4. The van der Waals surface area contributed by atoms with Crippen molar-refractivity contribution in [3.8, 4) is 28.6 Å². The predicted molar refractivity (Wildman–Crippen MR) is 96.3 cm³/mol. The molecule has 8 heteroatoms. The first kappa shape index (κ1) is 16.5. The highest BCUT2D eigenvalue weighted by Crippen LogP contribution is 2.31. The highest BCUT2D eigenvalue weighted by atomic mass is 16.5. The van der Waals surface area contributed by atoms with Crippen molar-refractivity contribution in [2.45, 2.75) is 0 Å². The molecule has 0 unspecified atom stereocenters. The monoisotopic (exact) mass is 363 g/mol. The van der Waals surface area contributed by atoms with Crippen LogP contribution in [0.25, 0.3) is 33.7 Å². The first-order chi connectivity index (χ1) is 13.1. The average molecular weight is 363 g/mol. The van der Waals surface area contributed by atoms with Crippen LogP contribution < -0.4 is 5.56 Å². The number of pyridine rings is 1. The Balaban J connectivity index is 1.76. The number of H-pyrrole nitrogens is 1. The maximum Gasteiger partial charge on any atom is 0.337 e. The highest BCUT2D eigenvalue weighted by molar-refractivity contribution is 5.91. The Morgan fingerprint density at radius 1 is 1.15 bits per heavy atom. The molecule has 8 nitrogen and oxygen atoms in total. The Labute approximate surface area is 152 Å². The molecule has 4 aromatic rings. The Bertz CT molecular complexity index is 1210. The number of nitrogens with zero attached hydrogens (tertiary/aromatic N) is 2. The van der Waals surface area contributed by atoms with Crippen molar-refractivity contribution in [3.05, 3.63) is 64.4 Å². The Hall–Kier alpha value is -3.94. The van der Waals surface area contributed by atoms with Crippen LogP contribution >= 0.6 is 0 Å². The molecule has 0 fully saturated rings. The van der Waals surface area contributed by atoms with Crippen LogP contribution in [-0.2, 0) is 4.74 Å². The maximum absolute atomic E-state index is 12.4. The fourth-order valence-electron chi connectivity index (χ4n) is 2.74. The van der Waals surface area contributed by atoms with Crippen molar-refractivity contribution in [1.82, 2.24) is 15.1 Å². The summed E-state index contributed by atoms with van der Waals surface area (Å²) in [5, 5.41) is 14.8. The number of nitrogens with one attached hydrogen (secondary N) is 1. The number of carbonyl (C=O) groups is 1. The lowest BCUT2D eigenvalue weighted by Gasteiger charge is -2.03. The predicted octanol–water partition coefficient (Wildman–Crippen LogP) is 2.74. The molecule has 2 N–H and O–H groups in total. The molecule has 0 saturated heterocycles. The third kappa shape index (κ3) is 2.82. The zero-order valence-corrected chi connectivity index (χ0v) is 14.1. The van der Waals surface area contributed by atoms with Crippen LogP contribution in [0.2, 0.25) is 0 Å². The molecule has 2 aromatic heterocycles. The topological polar surface area (TPSA) is 118 Å². The molecule has 0 atom stereocenters. The first-order valence-electron chi connectivity index (χ1n) is 7.95. The van der Waals surface area contributed by atoms with Crippen molar-refractivity contribution in [2.75, 3.05) is 7.11 Å². The van der Waals surface area contributed by atoms with Gasteiger partial charge in [-0.3, -0.25) is 4.79 Å². The summed E-state index contributed by atoms with van der Waals surface area (Å²) < 4.78 is 9.83. The Morgan fingerprint density at radius 2 is 1.89 bits per heavy atom. The largest absolute Gasteiger partial charge is 0.506 e. The van der Waals surface area contributed by atoms with Gasteiger partial charge in [-0.1, -0.05) is 29.4 Å². The molecule has 0 amide bonds. The van der Waals surface area contributed by atoms with Crippen LogP contribution in [0.4, 0.5) is 0 Å². The number of aromatic amines is 1. The SMILES string of the molecule is COC(=O)c1ccc(-c2noc(-c3c(O)c4ccccc4[nH]c3=O)n2)cc1. The van der Waals surface area contributed by atoms with Crippen molar-refractivity contribution in [2.24, 2.45) is 0 Å². The minimum atomic E-state index is -0.539. The van der Waals surface area contributed by atoms with E-state index in [9.17, 15) is 14.7 Å². The molecule has 0 radical (unpaired) electrons. The number of esters is 1. The summed E-state index contributed by atoms with van der Waals surface area (Å²) >= 11 is 0. The molecule has 4 rings (SSSR count). The summed E-state index contributed by atoms with van der Waals surface area (Å²) in [6.45, 7) is 0. The number of ether oxygens (including phenoxy) is 1. The van der Waals surface area contributed by atoms with Gasteiger partial charge in [-0.15, -0.1) is 0 Å². The zero-order chi connectivity index (χ0) is 19.0. The summed E-state index contributed by atoms with van der Waals surface area (Å²) in [4.78, 5) is 30.7. The smallest absolute Gasteiger partial charge is 0.337 e. The minimum Gasteiger partial charge on any atom is -0.506 e. The second-order valence-electron chi connectivity index (χ2n) is 5.72. The van der Waals surface area contributed by atoms with Gasteiger partial charge in [0.1, 0.15) is 11.3 Å². The van der Waals surface area contributed by atoms with Crippen LogP contribution in [0.3, 0.4) is 0 Å². The molecule has 0 bridgehead atoms. The summed E-state index contributed by atoms with van der Waals surface area (Å²) in [6, 6.07) is 13.2. The number of methoxy groups -OCH3 is 1. The number of aromatic nitrogens is 3. The van der Waals surface area contributed by atoms with Gasteiger partial charge < -0.3 is 19.4 Å². The number of fused-ring (bicyclic) bond motifs is 1. The van der Waals surface area contributed by atoms with Gasteiger partial charge in [0, 0.05) is 10.9 Å². The van der Waals surface area contributed by atoms with Gasteiger partial charge in [-0.05, 0) is 24.3 Å². The lowest BCUT2D eigenvalue weighted by molar-refractivity contribution is 0.0600. The summed E-state index contributed by atoms with van der Waals surface area (Å²) in [7, 11) is 1.30. The summed E-state index contributed by atoms with van der Waals surface area (Å²) in [5.41, 5.74) is 0.825. The number of hydrogen-bond acceptors (Lipinski definition) is 7. The second kappa shape index (κ2) is 6.41. The van der Waals surface area contributed by atoms with Crippen LogP contribution in [-0.4, -0.2) is 33.3 Å². The van der Waals surface area contributed by atoms with E-state index in [0.29, 0.717) is 22.0 Å². The zero-order valence-electron chi connectivity index (χ0n) is 14.1. The first-order valence-corrected chi connectivity index (χ1v) is 7.95. The third-order valence-corrected chi connectivity index (χ3v) is 4.10. The third-order valence-electron chi connectivity index (χ3n) is 4.10. The van der Waals surface area contributed by atoms with E-state index >= 15 is 0 Å². The van der Waals surface area contributed by atoms with Crippen LogP contribution in [0.5, 0.6) is 5.75 Å². The van der Waals surface area contributed by atoms with E-state index in [4.69, 9.17) is 4.52 Å². The molecule has 0 aliphatic rings. The van der Waals surface area contributed by atoms with Gasteiger partial charge in [0.25, 0.3) is 11.4 Å². The second-order valence-corrected chi connectivity index (χ2v) is 5.72. The normalized spacial score (nSPS) is 10.9.